The Morgan fingerprint density at radius 2 is 2.03 bits per heavy atom. The number of rotatable bonds is 4. The molecule has 0 saturated heterocycles. The smallest absolute Gasteiger partial charge is 0.244 e. The van der Waals surface area contributed by atoms with E-state index in [9.17, 15) is 5.26 Å². The first-order chi connectivity index (χ1) is 14.0. The van der Waals surface area contributed by atoms with E-state index in [4.69, 9.17) is 19.9 Å². The highest BCUT2D eigenvalue weighted by Crippen LogP contribution is 2.49. The van der Waals surface area contributed by atoms with Crippen molar-refractivity contribution in [1.82, 2.24) is 10.2 Å². The lowest BCUT2D eigenvalue weighted by Gasteiger charge is -2.25. The third-order valence-electron chi connectivity index (χ3n) is 5.00. The highest BCUT2D eigenvalue weighted by Gasteiger charge is 2.37. The molecule has 0 saturated carbocycles. The summed E-state index contributed by atoms with van der Waals surface area (Å²) in [5.74, 6) is 1.16. The highest BCUT2D eigenvalue weighted by molar-refractivity contribution is 7.12. The second-order valence-electron chi connectivity index (χ2n) is 6.68. The Labute approximate surface area is 172 Å². The number of fused-ring (bicyclic) bond motifs is 1. The lowest BCUT2D eigenvalue weighted by atomic mass is 9.82. The van der Waals surface area contributed by atoms with Crippen LogP contribution in [0.25, 0.3) is 11.3 Å². The molecule has 29 heavy (non-hydrogen) atoms. The van der Waals surface area contributed by atoms with Crippen LogP contribution in [-0.4, -0.2) is 24.4 Å². The van der Waals surface area contributed by atoms with Crippen molar-refractivity contribution >= 4 is 11.3 Å². The van der Waals surface area contributed by atoms with E-state index < -0.39 is 5.92 Å². The van der Waals surface area contributed by atoms with E-state index >= 15 is 0 Å². The molecule has 7 nitrogen and oxygen atoms in total. The van der Waals surface area contributed by atoms with Gasteiger partial charge in [-0.25, -0.2) is 0 Å². The zero-order chi connectivity index (χ0) is 20.7. The van der Waals surface area contributed by atoms with Gasteiger partial charge in [0.05, 0.1) is 31.4 Å². The molecule has 0 aliphatic carbocycles. The molecule has 0 spiro atoms. The molecule has 8 heteroatoms. The summed E-state index contributed by atoms with van der Waals surface area (Å²) in [6.07, 6.45) is 0. The van der Waals surface area contributed by atoms with Crippen molar-refractivity contribution < 1.29 is 14.2 Å². The monoisotopic (exact) mass is 408 g/mol. The second kappa shape index (κ2) is 7.18. The van der Waals surface area contributed by atoms with E-state index in [0.717, 1.165) is 27.3 Å². The minimum absolute atomic E-state index is 0.0409. The fourth-order valence-electron chi connectivity index (χ4n) is 3.70. The number of hydrogen-bond acceptors (Lipinski definition) is 7. The fraction of sp³-hybridized carbons (Fsp3) is 0.238. The van der Waals surface area contributed by atoms with Gasteiger partial charge in [0.2, 0.25) is 11.8 Å². The van der Waals surface area contributed by atoms with Gasteiger partial charge in [0.1, 0.15) is 23.1 Å². The molecule has 0 unspecified atom stereocenters. The summed E-state index contributed by atoms with van der Waals surface area (Å²) in [6.45, 7) is 4.12. The standard InChI is InChI=1S/C21H20N4O3S/c1-10-7-14(11(2)29-10)19-18-17(13-6-5-12(26-3)8-16(13)27-4)15(9-22)20(23)28-21(18)25-24-19/h5-8,17H,23H2,1-4H3,(H,24,25)/t17-/m1/s1. The van der Waals surface area contributed by atoms with Gasteiger partial charge in [0.25, 0.3) is 0 Å². The van der Waals surface area contributed by atoms with E-state index in [1.54, 1.807) is 31.6 Å². The molecule has 0 bridgehead atoms. The maximum Gasteiger partial charge on any atom is 0.244 e. The number of nitriles is 1. The Hall–Kier alpha value is -3.44. The summed E-state index contributed by atoms with van der Waals surface area (Å²) in [6, 6.07) is 9.81. The van der Waals surface area contributed by atoms with E-state index in [1.165, 1.54) is 4.88 Å². The maximum atomic E-state index is 9.88. The van der Waals surface area contributed by atoms with Crippen molar-refractivity contribution in [2.45, 2.75) is 19.8 Å². The summed E-state index contributed by atoms with van der Waals surface area (Å²) < 4.78 is 16.6. The SMILES string of the molecule is COc1ccc([C@@H]2C(C#N)=C(N)Oc3n[nH]c(-c4cc(C)sc4C)c32)c(OC)c1. The van der Waals surface area contributed by atoms with Crippen LogP contribution in [0.5, 0.6) is 17.4 Å². The molecule has 1 aromatic carbocycles. The summed E-state index contributed by atoms with van der Waals surface area (Å²) in [4.78, 5) is 2.34. The molecule has 0 radical (unpaired) electrons. The molecule has 0 amide bonds. The minimum atomic E-state index is -0.488. The number of methoxy groups -OCH3 is 2. The molecule has 148 valence electrons. The number of nitrogens with zero attached hydrogens (tertiary/aromatic N) is 2. The Kier molecular flexibility index (Phi) is 4.68. The van der Waals surface area contributed by atoms with Gasteiger partial charge in [0.15, 0.2) is 0 Å². The van der Waals surface area contributed by atoms with Gasteiger partial charge in [-0.05, 0) is 26.0 Å². The molecule has 1 aliphatic rings. The van der Waals surface area contributed by atoms with E-state index in [0.29, 0.717) is 23.0 Å². The van der Waals surface area contributed by atoms with Gasteiger partial charge in [-0.2, -0.15) is 5.26 Å². The minimum Gasteiger partial charge on any atom is -0.497 e. The first-order valence-electron chi connectivity index (χ1n) is 8.93. The van der Waals surface area contributed by atoms with Crippen LogP contribution in [0, 0.1) is 25.2 Å². The number of aromatic amines is 1. The summed E-state index contributed by atoms with van der Waals surface area (Å²) in [5.41, 5.74) is 9.78. The lowest BCUT2D eigenvalue weighted by Crippen LogP contribution is -2.21. The molecular weight excluding hydrogens is 388 g/mol. The Balaban J connectivity index is 1.99. The lowest BCUT2D eigenvalue weighted by molar-refractivity contribution is 0.373. The van der Waals surface area contributed by atoms with Crippen molar-refractivity contribution in [3.8, 4) is 34.7 Å². The Morgan fingerprint density at radius 1 is 1.24 bits per heavy atom. The van der Waals surface area contributed by atoms with Crippen LogP contribution in [0.2, 0.25) is 0 Å². The molecule has 4 rings (SSSR count). The Bertz CT molecular complexity index is 1170. The third-order valence-corrected chi connectivity index (χ3v) is 5.97. The van der Waals surface area contributed by atoms with Gasteiger partial charge < -0.3 is 19.9 Å². The van der Waals surface area contributed by atoms with Crippen LogP contribution in [0.1, 0.15) is 26.8 Å². The third kappa shape index (κ3) is 3.00. The van der Waals surface area contributed by atoms with Crippen molar-refractivity contribution in [1.29, 1.82) is 5.26 Å². The summed E-state index contributed by atoms with van der Waals surface area (Å²) in [7, 11) is 3.18. The average molecular weight is 408 g/mol. The first-order valence-corrected chi connectivity index (χ1v) is 9.75. The Morgan fingerprint density at radius 3 is 2.66 bits per heavy atom. The topological polar surface area (TPSA) is 106 Å². The van der Waals surface area contributed by atoms with Gasteiger partial charge in [-0.3, -0.25) is 5.10 Å². The van der Waals surface area contributed by atoms with Crippen LogP contribution < -0.4 is 19.9 Å². The molecule has 3 aromatic rings. The number of benzene rings is 1. The zero-order valence-corrected chi connectivity index (χ0v) is 17.3. The number of allylic oxidation sites excluding steroid dienone is 1. The number of aryl methyl sites for hydroxylation is 2. The first kappa shape index (κ1) is 18.9. The second-order valence-corrected chi connectivity index (χ2v) is 8.14. The van der Waals surface area contributed by atoms with Crippen LogP contribution in [0.15, 0.2) is 35.7 Å². The largest absolute Gasteiger partial charge is 0.497 e. The molecule has 3 heterocycles. The molecule has 1 aliphatic heterocycles. The van der Waals surface area contributed by atoms with Gasteiger partial charge in [-0.1, -0.05) is 6.07 Å². The average Bonchev–Trinajstić information content (AvgIpc) is 3.28. The number of hydrogen-bond donors (Lipinski definition) is 2. The fourth-order valence-corrected chi connectivity index (χ4v) is 4.63. The highest BCUT2D eigenvalue weighted by atomic mass is 32.1. The predicted octanol–water partition coefficient (Wildman–Crippen LogP) is 3.99. The van der Waals surface area contributed by atoms with Crippen LogP contribution in [0.4, 0.5) is 0 Å². The summed E-state index contributed by atoms with van der Waals surface area (Å²) in [5, 5.41) is 17.3. The van der Waals surface area contributed by atoms with E-state index in [1.807, 2.05) is 12.1 Å². The van der Waals surface area contributed by atoms with E-state index in [2.05, 4.69) is 36.2 Å². The van der Waals surface area contributed by atoms with E-state index in [-0.39, 0.29) is 5.88 Å². The number of H-pyrrole nitrogens is 1. The molecule has 3 N–H and O–H groups in total. The van der Waals surface area contributed by atoms with Gasteiger partial charge in [-0.15, -0.1) is 16.4 Å². The number of aromatic nitrogens is 2. The normalized spacial score (nSPS) is 15.5. The predicted molar refractivity (Wildman–Crippen MR) is 110 cm³/mol. The number of nitrogens with two attached hydrogens (primary N) is 1. The molecule has 0 fully saturated rings. The van der Waals surface area contributed by atoms with Crippen LogP contribution >= 0.6 is 11.3 Å². The van der Waals surface area contributed by atoms with Crippen LogP contribution in [0.3, 0.4) is 0 Å². The summed E-state index contributed by atoms with van der Waals surface area (Å²) >= 11 is 1.70. The molecular formula is C21H20N4O3S. The van der Waals surface area contributed by atoms with Crippen molar-refractivity contribution in [3.05, 3.63) is 56.6 Å². The quantitative estimate of drug-likeness (QED) is 0.676. The van der Waals surface area contributed by atoms with Gasteiger partial charge in [0, 0.05) is 26.9 Å². The van der Waals surface area contributed by atoms with Crippen molar-refractivity contribution in [3.63, 3.8) is 0 Å². The van der Waals surface area contributed by atoms with Crippen molar-refractivity contribution in [2.75, 3.05) is 14.2 Å². The maximum absolute atomic E-state index is 9.88. The number of ether oxygens (including phenoxy) is 3. The molecule has 1 atom stereocenters. The number of thiophene rings is 1. The van der Waals surface area contributed by atoms with Gasteiger partial charge >= 0.3 is 0 Å². The van der Waals surface area contributed by atoms with Crippen molar-refractivity contribution in [2.24, 2.45) is 5.73 Å². The van der Waals surface area contributed by atoms with Crippen LogP contribution in [-0.2, 0) is 0 Å². The molecule has 2 aromatic heterocycles. The number of nitrogens with one attached hydrogen (secondary N) is 1. The zero-order valence-electron chi connectivity index (χ0n) is 16.5.